The van der Waals surface area contributed by atoms with Crippen molar-refractivity contribution in [2.24, 2.45) is 0 Å². The second-order valence-electron chi connectivity index (χ2n) is 4.58. The molecule has 2 aromatic carbocycles. The lowest BCUT2D eigenvalue weighted by atomic mass is 10.1. The lowest BCUT2D eigenvalue weighted by Gasteiger charge is -2.07. The smallest absolute Gasteiger partial charge is 0.335 e. The van der Waals surface area contributed by atoms with Gasteiger partial charge in [0.2, 0.25) is 0 Å². The summed E-state index contributed by atoms with van der Waals surface area (Å²) < 4.78 is 12.3. The molecule has 1 atom stereocenters. The summed E-state index contributed by atoms with van der Waals surface area (Å²) in [6, 6.07) is 13.4. The molecule has 0 aromatic heterocycles. The molecule has 0 aliphatic rings. The molecular formula is C16H13NO3S. The maximum atomic E-state index is 12.3. The largest absolute Gasteiger partial charge is 0.478 e. The second-order valence-corrected chi connectivity index (χ2v) is 6.03. The van der Waals surface area contributed by atoms with Gasteiger partial charge in [-0.25, -0.2) is 4.79 Å². The van der Waals surface area contributed by atoms with Gasteiger partial charge in [0.1, 0.15) is 0 Å². The Balaban J connectivity index is 2.24. The number of carboxylic acids is 1. The van der Waals surface area contributed by atoms with Crippen LogP contribution >= 0.6 is 0 Å². The molecule has 1 unspecified atom stereocenters. The first-order chi connectivity index (χ1) is 10.0. The van der Waals surface area contributed by atoms with Crippen molar-refractivity contribution in [3.63, 3.8) is 0 Å². The quantitative estimate of drug-likeness (QED) is 0.941. The zero-order valence-corrected chi connectivity index (χ0v) is 12.2. The molecule has 1 N–H and O–H groups in total. The van der Waals surface area contributed by atoms with Crippen molar-refractivity contribution in [2.45, 2.75) is 17.6 Å². The van der Waals surface area contributed by atoms with Crippen LogP contribution in [-0.2, 0) is 16.6 Å². The van der Waals surface area contributed by atoms with Crippen LogP contribution in [0.4, 0.5) is 0 Å². The maximum Gasteiger partial charge on any atom is 0.335 e. The minimum absolute atomic E-state index is 0.123. The number of hydrogen-bond acceptors (Lipinski definition) is 3. The van der Waals surface area contributed by atoms with E-state index in [1.54, 1.807) is 30.3 Å². The number of aromatic carboxylic acids is 1. The Morgan fingerprint density at radius 1 is 1.29 bits per heavy atom. The molecule has 0 aliphatic carbocycles. The van der Waals surface area contributed by atoms with Gasteiger partial charge in [0.05, 0.1) is 33.7 Å². The molecule has 0 radical (unpaired) electrons. The second kappa shape index (κ2) is 6.33. The fourth-order valence-corrected chi connectivity index (χ4v) is 3.18. The van der Waals surface area contributed by atoms with Crippen LogP contribution in [0.25, 0.3) is 0 Å². The SMILES string of the molecule is Cc1cc(C#N)ccc1CS(=O)c1cccc(C(=O)O)c1. The summed E-state index contributed by atoms with van der Waals surface area (Å²) >= 11 is 0. The standard InChI is InChI=1S/C16H13NO3S/c1-11-7-12(9-17)5-6-14(11)10-21(20)15-4-2-3-13(8-15)16(18)19/h2-8H,10H2,1H3,(H,18,19). The zero-order valence-electron chi connectivity index (χ0n) is 11.4. The van der Waals surface area contributed by atoms with Crippen LogP contribution in [0.5, 0.6) is 0 Å². The number of carbonyl (C=O) groups is 1. The summed E-state index contributed by atoms with van der Waals surface area (Å²) in [5, 5.41) is 17.8. The molecule has 5 heteroatoms. The highest BCUT2D eigenvalue weighted by atomic mass is 32.2. The first kappa shape index (κ1) is 14.9. The summed E-state index contributed by atoms with van der Waals surface area (Å²) in [4.78, 5) is 11.4. The van der Waals surface area contributed by atoms with Gasteiger partial charge in [-0.05, 0) is 48.4 Å². The molecule has 2 aromatic rings. The average Bonchev–Trinajstić information content (AvgIpc) is 2.49. The molecule has 2 rings (SSSR count). The monoisotopic (exact) mass is 299 g/mol. The molecular weight excluding hydrogens is 286 g/mol. The minimum atomic E-state index is -1.33. The van der Waals surface area contributed by atoms with Crippen LogP contribution in [0.3, 0.4) is 0 Å². The first-order valence-corrected chi connectivity index (χ1v) is 7.54. The van der Waals surface area contributed by atoms with E-state index in [2.05, 4.69) is 6.07 Å². The van der Waals surface area contributed by atoms with Gasteiger partial charge in [0.15, 0.2) is 0 Å². The molecule has 106 valence electrons. The zero-order chi connectivity index (χ0) is 15.4. The molecule has 0 saturated carbocycles. The van der Waals surface area contributed by atoms with Gasteiger partial charge in [-0.15, -0.1) is 0 Å². The molecule has 0 saturated heterocycles. The maximum absolute atomic E-state index is 12.3. The van der Waals surface area contributed by atoms with Gasteiger partial charge < -0.3 is 5.11 Å². The van der Waals surface area contributed by atoms with E-state index >= 15 is 0 Å². The van der Waals surface area contributed by atoms with Crippen molar-refractivity contribution in [3.05, 3.63) is 64.7 Å². The molecule has 0 heterocycles. The summed E-state index contributed by atoms with van der Waals surface area (Å²) in [6.07, 6.45) is 0. The molecule has 0 spiro atoms. The summed E-state index contributed by atoms with van der Waals surface area (Å²) in [6.45, 7) is 1.86. The van der Waals surface area contributed by atoms with Crippen molar-refractivity contribution >= 4 is 16.8 Å². The highest BCUT2D eigenvalue weighted by Crippen LogP contribution is 2.17. The van der Waals surface area contributed by atoms with Crippen molar-refractivity contribution in [3.8, 4) is 6.07 Å². The van der Waals surface area contributed by atoms with E-state index in [0.29, 0.717) is 16.2 Å². The van der Waals surface area contributed by atoms with E-state index in [4.69, 9.17) is 10.4 Å². The van der Waals surface area contributed by atoms with Crippen LogP contribution < -0.4 is 0 Å². The third-order valence-corrected chi connectivity index (χ3v) is 4.46. The first-order valence-electron chi connectivity index (χ1n) is 6.22. The third kappa shape index (κ3) is 3.56. The van der Waals surface area contributed by atoms with Crippen molar-refractivity contribution in [1.82, 2.24) is 0 Å². The number of aryl methyl sites for hydroxylation is 1. The number of nitriles is 1. The van der Waals surface area contributed by atoms with Crippen LogP contribution in [0.2, 0.25) is 0 Å². The van der Waals surface area contributed by atoms with Gasteiger partial charge in [0, 0.05) is 4.90 Å². The normalized spacial score (nSPS) is 11.6. The predicted molar refractivity (Wildman–Crippen MR) is 79.4 cm³/mol. The van der Waals surface area contributed by atoms with Crippen LogP contribution in [0, 0.1) is 18.3 Å². The van der Waals surface area contributed by atoms with Crippen LogP contribution in [0.1, 0.15) is 27.0 Å². The molecule has 4 nitrogen and oxygen atoms in total. The molecule has 0 amide bonds. The van der Waals surface area contributed by atoms with E-state index in [9.17, 15) is 9.00 Å². The van der Waals surface area contributed by atoms with E-state index in [1.165, 1.54) is 12.1 Å². The number of carboxylic acid groups (broad SMARTS) is 1. The highest BCUT2D eigenvalue weighted by Gasteiger charge is 2.10. The fraction of sp³-hybridized carbons (Fsp3) is 0.125. The van der Waals surface area contributed by atoms with Crippen molar-refractivity contribution < 1.29 is 14.1 Å². The Hall–Kier alpha value is -2.45. The van der Waals surface area contributed by atoms with Gasteiger partial charge >= 0.3 is 5.97 Å². The molecule has 21 heavy (non-hydrogen) atoms. The topological polar surface area (TPSA) is 78.2 Å². The van der Waals surface area contributed by atoms with Gasteiger partial charge in [-0.2, -0.15) is 5.26 Å². The average molecular weight is 299 g/mol. The van der Waals surface area contributed by atoms with Gasteiger partial charge in [0.25, 0.3) is 0 Å². The van der Waals surface area contributed by atoms with Crippen LogP contribution in [-0.4, -0.2) is 15.3 Å². The molecule has 0 bridgehead atoms. The molecule has 0 aliphatic heterocycles. The number of rotatable bonds is 4. The van der Waals surface area contributed by atoms with E-state index < -0.39 is 16.8 Å². The Morgan fingerprint density at radius 2 is 2.05 bits per heavy atom. The van der Waals surface area contributed by atoms with Gasteiger partial charge in [-0.1, -0.05) is 12.1 Å². The predicted octanol–water partition coefficient (Wildman–Crippen LogP) is 2.87. The molecule has 0 fully saturated rings. The summed E-state index contributed by atoms with van der Waals surface area (Å²) in [5.74, 6) is -0.746. The third-order valence-electron chi connectivity index (χ3n) is 3.10. The fourth-order valence-electron chi connectivity index (χ4n) is 1.92. The Morgan fingerprint density at radius 3 is 2.67 bits per heavy atom. The number of hydrogen-bond donors (Lipinski definition) is 1. The summed E-state index contributed by atoms with van der Waals surface area (Å²) in [7, 11) is -1.33. The van der Waals surface area contributed by atoms with E-state index in [1.807, 2.05) is 6.92 Å². The Kier molecular flexibility index (Phi) is 4.51. The number of benzene rings is 2. The minimum Gasteiger partial charge on any atom is -0.478 e. The number of nitrogens with zero attached hydrogens (tertiary/aromatic N) is 1. The highest BCUT2D eigenvalue weighted by molar-refractivity contribution is 7.84. The lowest BCUT2D eigenvalue weighted by Crippen LogP contribution is -2.02. The summed E-state index contributed by atoms with van der Waals surface area (Å²) in [5.41, 5.74) is 2.47. The van der Waals surface area contributed by atoms with Crippen molar-refractivity contribution in [2.75, 3.05) is 0 Å². The van der Waals surface area contributed by atoms with Crippen molar-refractivity contribution in [1.29, 1.82) is 5.26 Å². The van der Waals surface area contributed by atoms with E-state index in [0.717, 1.165) is 11.1 Å². The lowest BCUT2D eigenvalue weighted by molar-refractivity contribution is 0.0696. The Bertz CT molecular complexity index is 762. The van der Waals surface area contributed by atoms with Gasteiger partial charge in [-0.3, -0.25) is 4.21 Å². The Labute approximate surface area is 125 Å². The van der Waals surface area contributed by atoms with Crippen LogP contribution in [0.15, 0.2) is 47.4 Å². The van der Waals surface area contributed by atoms with E-state index in [-0.39, 0.29) is 5.56 Å².